The molecule has 7 heteroatoms. The molecule has 0 radical (unpaired) electrons. The number of hydrogen-bond donors (Lipinski definition) is 1. The molecule has 0 atom stereocenters. The topological polar surface area (TPSA) is 73.0 Å². The van der Waals surface area contributed by atoms with Crippen LogP contribution in [0.3, 0.4) is 0 Å². The molecule has 0 fully saturated rings. The van der Waals surface area contributed by atoms with Gasteiger partial charge >= 0.3 is 0 Å². The van der Waals surface area contributed by atoms with Crippen LogP contribution in [0.2, 0.25) is 5.02 Å². The minimum absolute atomic E-state index is 0.308. The summed E-state index contributed by atoms with van der Waals surface area (Å²) in [6.45, 7) is 5.96. The minimum atomic E-state index is -0.308. The van der Waals surface area contributed by atoms with Crippen molar-refractivity contribution < 1.29 is 9.32 Å². The molecule has 0 spiro atoms. The van der Waals surface area contributed by atoms with Crippen molar-refractivity contribution in [3.63, 3.8) is 0 Å². The normalized spacial score (nSPS) is 11.2. The second-order valence-electron chi connectivity index (χ2n) is 6.64. The molecule has 136 valence electrons. The van der Waals surface area contributed by atoms with Gasteiger partial charge in [-0.3, -0.25) is 9.48 Å². The Balaban J connectivity index is 1.91. The molecule has 0 aliphatic heterocycles. The molecule has 26 heavy (non-hydrogen) atoms. The Kier molecular flexibility index (Phi) is 5.13. The number of aromatic nitrogens is 3. The number of aryl methyl sites for hydroxylation is 2. The molecule has 0 saturated carbocycles. The van der Waals surface area contributed by atoms with Gasteiger partial charge in [-0.05, 0) is 25.3 Å². The van der Waals surface area contributed by atoms with Gasteiger partial charge in [0.2, 0.25) is 0 Å². The molecule has 0 bridgehead atoms. The largest absolute Gasteiger partial charge is 0.360 e. The second-order valence-corrected chi connectivity index (χ2v) is 7.05. The standard InChI is InChI=1S/C19H21ClN4O2/c1-11(2)9-13-10-16(24(4)22-13)21-19(25)17-12(3)26-23-18(17)14-7-5-6-8-15(14)20/h5-8,10-11H,9H2,1-4H3,(H,21,25). The summed E-state index contributed by atoms with van der Waals surface area (Å²) in [5.41, 5.74) is 2.38. The van der Waals surface area contributed by atoms with Gasteiger partial charge in [0.05, 0.1) is 10.7 Å². The lowest BCUT2D eigenvalue weighted by Gasteiger charge is -2.06. The van der Waals surface area contributed by atoms with E-state index in [-0.39, 0.29) is 5.91 Å². The lowest BCUT2D eigenvalue weighted by Crippen LogP contribution is -2.15. The van der Waals surface area contributed by atoms with E-state index in [0.29, 0.717) is 39.3 Å². The lowest BCUT2D eigenvalue weighted by molar-refractivity contribution is 0.102. The molecule has 1 aromatic carbocycles. The molecular weight excluding hydrogens is 352 g/mol. The number of hydrogen-bond acceptors (Lipinski definition) is 4. The molecule has 3 aromatic rings. The van der Waals surface area contributed by atoms with E-state index in [2.05, 4.69) is 29.4 Å². The highest BCUT2D eigenvalue weighted by atomic mass is 35.5. The lowest BCUT2D eigenvalue weighted by atomic mass is 10.1. The minimum Gasteiger partial charge on any atom is -0.360 e. The Morgan fingerprint density at radius 3 is 2.77 bits per heavy atom. The van der Waals surface area contributed by atoms with Gasteiger partial charge < -0.3 is 9.84 Å². The number of carbonyl (C=O) groups excluding carboxylic acids is 1. The summed E-state index contributed by atoms with van der Waals surface area (Å²) in [6.07, 6.45) is 0.848. The highest BCUT2D eigenvalue weighted by molar-refractivity contribution is 6.33. The van der Waals surface area contributed by atoms with Gasteiger partial charge in [-0.2, -0.15) is 5.10 Å². The van der Waals surface area contributed by atoms with Gasteiger partial charge in [-0.15, -0.1) is 0 Å². The Morgan fingerprint density at radius 1 is 1.35 bits per heavy atom. The molecular formula is C19H21ClN4O2. The van der Waals surface area contributed by atoms with Gasteiger partial charge in [-0.1, -0.05) is 48.8 Å². The van der Waals surface area contributed by atoms with Crippen molar-refractivity contribution in [3.05, 3.63) is 52.4 Å². The van der Waals surface area contributed by atoms with Gasteiger partial charge in [-0.25, -0.2) is 0 Å². The molecule has 0 aliphatic carbocycles. The van der Waals surface area contributed by atoms with E-state index in [9.17, 15) is 4.79 Å². The summed E-state index contributed by atoms with van der Waals surface area (Å²) in [7, 11) is 1.80. The quantitative estimate of drug-likeness (QED) is 0.716. The van der Waals surface area contributed by atoms with E-state index in [0.717, 1.165) is 12.1 Å². The van der Waals surface area contributed by atoms with Gasteiger partial charge in [0.15, 0.2) is 0 Å². The second kappa shape index (κ2) is 7.33. The number of nitrogens with one attached hydrogen (secondary N) is 1. The number of anilines is 1. The SMILES string of the molecule is Cc1onc(-c2ccccc2Cl)c1C(=O)Nc1cc(CC(C)C)nn1C. The van der Waals surface area contributed by atoms with Crippen LogP contribution in [0.4, 0.5) is 5.82 Å². The molecule has 3 rings (SSSR count). The van der Waals surface area contributed by atoms with Crippen LogP contribution in [-0.4, -0.2) is 20.8 Å². The zero-order valence-corrected chi connectivity index (χ0v) is 16.0. The van der Waals surface area contributed by atoms with Crippen molar-refractivity contribution in [3.8, 4) is 11.3 Å². The van der Waals surface area contributed by atoms with Crippen LogP contribution in [-0.2, 0) is 13.5 Å². The number of halogens is 1. The smallest absolute Gasteiger partial charge is 0.262 e. The molecule has 6 nitrogen and oxygen atoms in total. The van der Waals surface area contributed by atoms with E-state index in [1.807, 2.05) is 18.2 Å². The predicted octanol–water partition coefficient (Wildman–Crippen LogP) is 4.49. The van der Waals surface area contributed by atoms with E-state index in [4.69, 9.17) is 16.1 Å². The summed E-state index contributed by atoms with van der Waals surface area (Å²) in [5, 5.41) is 11.9. The van der Waals surface area contributed by atoms with Gasteiger partial charge in [0.1, 0.15) is 22.8 Å². The van der Waals surface area contributed by atoms with Crippen LogP contribution in [0.25, 0.3) is 11.3 Å². The van der Waals surface area contributed by atoms with Crippen molar-refractivity contribution in [1.29, 1.82) is 0 Å². The highest BCUT2D eigenvalue weighted by Crippen LogP contribution is 2.31. The Labute approximate surface area is 157 Å². The van der Waals surface area contributed by atoms with Crippen LogP contribution in [0.5, 0.6) is 0 Å². The Morgan fingerprint density at radius 2 is 2.08 bits per heavy atom. The number of rotatable bonds is 5. The zero-order chi connectivity index (χ0) is 18.8. The number of nitrogens with zero attached hydrogens (tertiary/aromatic N) is 3. The van der Waals surface area contributed by atoms with Crippen LogP contribution < -0.4 is 5.32 Å². The first-order valence-corrected chi connectivity index (χ1v) is 8.80. The van der Waals surface area contributed by atoms with Crippen molar-refractivity contribution >= 4 is 23.3 Å². The first kappa shape index (κ1) is 18.2. The average molecular weight is 373 g/mol. The fourth-order valence-corrected chi connectivity index (χ4v) is 3.04. The van der Waals surface area contributed by atoms with Crippen molar-refractivity contribution in [1.82, 2.24) is 14.9 Å². The maximum Gasteiger partial charge on any atom is 0.262 e. The highest BCUT2D eigenvalue weighted by Gasteiger charge is 2.24. The molecule has 0 unspecified atom stereocenters. The molecule has 0 saturated heterocycles. The van der Waals surface area contributed by atoms with Gasteiger partial charge in [0.25, 0.3) is 5.91 Å². The van der Waals surface area contributed by atoms with Crippen molar-refractivity contribution in [2.45, 2.75) is 27.2 Å². The Hall–Kier alpha value is -2.60. The fourth-order valence-electron chi connectivity index (χ4n) is 2.82. The van der Waals surface area contributed by atoms with E-state index in [1.54, 1.807) is 30.8 Å². The third-order valence-electron chi connectivity index (χ3n) is 4.01. The summed E-state index contributed by atoms with van der Waals surface area (Å²) in [6, 6.07) is 9.11. The maximum absolute atomic E-state index is 12.9. The monoisotopic (exact) mass is 372 g/mol. The van der Waals surface area contributed by atoms with E-state index < -0.39 is 0 Å². The summed E-state index contributed by atoms with van der Waals surface area (Å²) < 4.78 is 6.92. The maximum atomic E-state index is 12.9. The molecule has 2 aromatic heterocycles. The molecule has 1 amide bonds. The first-order valence-electron chi connectivity index (χ1n) is 8.42. The summed E-state index contributed by atoms with van der Waals surface area (Å²) in [5.74, 6) is 1.23. The van der Waals surface area contributed by atoms with Crippen molar-refractivity contribution in [2.75, 3.05) is 5.32 Å². The third kappa shape index (κ3) is 3.65. The van der Waals surface area contributed by atoms with Crippen molar-refractivity contribution in [2.24, 2.45) is 13.0 Å². The number of amides is 1. The van der Waals surface area contributed by atoms with E-state index in [1.165, 1.54) is 0 Å². The number of carbonyl (C=O) groups is 1. The molecule has 0 aliphatic rings. The van der Waals surface area contributed by atoms with Crippen LogP contribution in [0.1, 0.15) is 35.7 Å². The van der Waals surface area contributed by atoms with Gasteiger partial charge in [0, 0.05) is 18.7 Å². The first-order chi connectivity index (χ1) is 12.4. The van der Waals surface area contributed by atoms with Crippen LogP contribution in [0, 0.1) is 12.8 Å². The zero-order valence-electron chi connectivity index (χ0n) is 15.2. The van der Waals surface area contributed by atoms with Crippen LogP contribution >= 0.6 is 11.6 Å². The summed E-state index contributed by atoms with van der Waals surface area (Å²) >= 11 is 6.25. The van der Waals surface area contributed by atoms with E-state index >= 15 is 0 Å². The predicted molar refractivity (Wildman–Crippen MR) is 101 cm³/mol. The Bertz CT molecular complexity index is 943. The fraction of sp³-hybridized carbons (Fsp3) is 0.316. The summed E-state index contributed by atoms with van der Waals surface area (Å²) in [4.78, 5) is 12.9. The third-order valence-corrected chi connectivity index (χ3v) is 4.34. The molecule has 1 N–H and O–H groups in total. The molecule has 2 heterocycles. The number of benzene rings is 1. The van der Waals surface area contributed by atoms with Crippen LogP contribution in [0.15, 0.2) is 34.9 Å². The average Bonchev–Trinajstić information content (AvgIpc) is 3.10.